The van der Waals surface area contributed by atoms with Gasteiger partial charge in [0.1, 0.15) is 12.4 Å². The lowest BCUT2D eigenvalue weighted by Crippen LogP contribution is -2.05. The van der Waals surface area contributed by atoms with Gasteiger partial charge in [0.15, 0.2) is 0 Å². The molecule has 1 heterocycles. The van der Waals surface area contributed by atoms with Crippen LogP contribution in [0.15, 0.2) is 36.4 Å². The zero-order valence-corrected chi connectivity index (χ0v) is 9.71. The van der Waals surface area contributed by atoms with Crippen LogP contribution < -0.4 is 4.74 Å². The highest BCUT2D eigenvalue weighted by atomic mass is 35.5. The number of ether oxygens (including phenoxy) is 1. The first-order valence-corrected chi connectivity index (χ1v) is 5.64. The summed E-state index contributed by atoms with van der Waals surface area (Å²) in [5.74, 6) is 0.919. The quantitative estimate of drug-likeness (QED) is 0.659. The molecule has 2 aromatic carbocycles. The topological polar surface area (TPSA) is 9.23 Å². The van der Waals surface area contributed by atoms with E-state index in [2.05, 4.69) is 25.1 Å². The van der Waals surface area contributed by atoms with Gasteiger partial charge in [0.05, 0.1) is 0 Å². The largest absolute Gasteiger partial charge is 0.488 e. The monoisotopic (exact) mass is 230 g/mol. The van der Waals surface area contributed by atoms with Crippen LogP contribution in [-0.2, 0) is 6.61 Å². The lowest BCUT2D eigenvalue weighted by atomic mass is 9.95. The molecule has 3 rings (SSSR count). The van der Waals surface area contributed by atoms with Crippen LogP contribution in [0.2, 0.25) is 5.02 Å². The van der Waals surface area contributed by atoms with Crippen molar-refractivity contribution in [2.24, 2.45) is 0 Å². The number of benzene rings is 2. The molecule has 0 fully saturated rings. The van der Waals surface area contributed by atoms with Gasteiger partial charge in [-0.3, -0.25) is 0 Å². The SMILES string of the molecule is Cc1ccc2c(c1)-c1cc(Cl)ccc1OC2. The highest BCUT2D eigenvalue weighted by Gasteiger charge is 2.17. The van der Waals surface area contributed by atoms with Gasteiger partial charge in [-0.05, 0) is 36.2 Å². The van der Waals surface area contributed by atoms with E-state index in [1.807, 2.05) is 18.2 Å². The highest BCUT2D eigenvalue weighted by Crippen LogP contribution is 2.39. The van der Waals surface area contributed by atoms with Crippen LogP contribution in [0.25, 0.3) is 11.1 Å². The van der Waals surface area contributed by atoms with Crippen molar-refractivity contribution in [1.82, 2.24) is 0 Å². The van der Waals surface area contributed by atoms with E-state index >= 15 is 0 Å². The summed E-state index contributed by atoms with van der Waals surface area (Å²) in [4.78, 5) is 0. The Kier molecular flexibility index (Phi) is 2.15. The molecule has 0 unspecified atom stereocenters. The lowest BCUT2D eigenvalue weighted by molar-refractivity contribution is 0.302. The van der Waals surface area contributed by atoms with E-state index in [-0.39, 0.29) is 0 Å². The van der Waals surface area contributed by atoms with Gasteiger partial charge in [-0.1, -0.05) is 35.4 Å². The van der Waals surface area contributed by atoms with Crippen LogP contribution in [0.4, 0.5) is 0 Å². The lowest BCUT2D eigenvalue weighted by Gasteiger charge is -2.21. The molecular weight excluding hydrogens is 220 g/mol. The van der Waals surface area contributed by atoms with Crippen molar-refractivity contribution in [2.45, 2.75) is 13.5 Å². The Balaban J connectivity index is 2.28. The first-order valence-electron chi connectivity index (χ1n) is 5.26. The van der Waals surface area contributed by atoms with Crippen molar-refractivity contribution >= 4 is 11.6 Å². The Hall–Kier alpha value is -1.47. The van der Waals surface area contributed by atoms with Crippen LogP contribution in [-0.4, -0.2) is 0 Å². The first kappa shape index (κ1) is 9.73. The fourth-order valence-corrected chi connectivity index (χ4v) is 2.23. The Morgan fingerprint density at radius 3 is 2.81 bits per heavy atom. The molecule has 2 aromatic rings. The zero-order valence-electron chi connectivity index (χ0n) is 8.96. The molecular formula is C14H11ClO. The van der Waals surface area contributed by atoms with Crippen LogP contribution in [0.5, 0.6) is 5.75 Å². The molecule has 1 aliphatic heterocycles. The van der Waals surface area contributed by atoms with E-state index in [4.69, 9.17) is 16.3 Å². The summed E-state index contributed by atoms with van der Waals surface area (Å²) in [6.07, 6.45) is 0. The maximum atomic E-state index is 6.03. The highest BCUT2D eigenvalue weighted by molar-refractivity contribution is 6.31. The second-order valence-electron chi connectivity index (χ2n) is 4.09. The van der Waals surface area contributed by atoms with E-state index in [9.17, 15) is 0 Å². The van der Waals surface area contributed by atoms with Gasteiger partial charge in [-0.25, -0.2) is 0 Å². The van der Waals surface area contributed by atoms with Gasteiger partial charge in [0.2, 0.25) is 0 Å². The molecule has 0 spiro atoms. The minimum Gasteiger partial charge on any atom is -0.488 e. The Morgan fingerprint density at radius 2 is 1.94 bits per heavy atom. The van der Waals surface area contributed by atoms with Crippen molar-refractivity contribution in [3.05, 3.63) is 52.5 Å². The maximum Gasteiger partial charge on any atom is 0.127 e. The molecule has 1 aliphatic rings. The second kappa shape index (κ2) is 3.53. The van der Waals surface area contributed by atoms with E-state index in [0.29, 0.717) is 6.61 Å². The van der Waals surface area contributed by atoms with Crippen LogP contribution in [0.1, 0.15) is 11.1 Å². The summed E-state index contributed by atoms with van der Waals surface area (Å²) < 4.78 is 5.69. The van der Waals surface area contributed by atoms with E-state index in [1.165, 1.54) is 16.7 Å². The number of hydrogen-bond acceptors (Lipinski definition) is 1. The average molecular weight is 231 g/mol. The Labute approximate surface area is 99.6 Å². The summed E-state index contributed by atoms with van der Waals surface area (Å²) in [6.45, 7) is 2.74. The van der Waals surface area contributed by atoms with Gasteiger partial charge in [-0.15, -0.1) is 0 Å². The third-order valence-corrected chi connectivity index (χ3v) is 3.12. The fraction of sp³-hybridized carbons (Fsp3) is 0.143. The molecule has 0 bridgehead atoms. The van der Waals surface area contributed by atoms with Crippen molar-refractivity contribution in [2.75, 3.05) is 0 Å². The van der Waals surface area contributed by atoms with Gasteiger partial charge < -0.3 is 4.74 Å². The van der Waals surface area contributed by atoms with Crippen LogP contribution >= 0.6 is 11.6 Å². The number of halogens is 1. The molecule has 0 aromatic heterocycles. The summed E-state index contributed by atoms with van der Waals surface area (Å²) in [6, 6.07) is 12.2. The summed E-state index contributed by atoms with van der Waals surface area (Å²) in [7, 11) is 0. The molecule has 0 saturated carbocycles. The number of aryl methyl sites for hydroxylation is 1. The third kappa shape index (κ3) is 1.48. The maximum absolute atomic E-state index is 6.03. The van der Waals surface area contributed by atoms with E-state index in [0.717, 1.165) is 16.3 Å². The molecule has 2 heteroatoms. The van der Waals surface area contributed by atoms with Crippen molar-refractivity contribution in [3.63, 3.8) is 0 Å². The molecule has 1 nitrogen and oxygen atoms in total. The molecule has 0 radical (unpaired) electrons. The molecule has 0 N–H and O–H groups in total. The summed E-state index contributed by atoms with van der Waals surface area (Å²) in [5.41, 5.74) is 4.81. The predicted octanol–water partition coefficient (Wildman–Crippen LogP) is 4.21. The standard InChI is InChI=1S/C14H11ClO/c1-9-2-3-10-8-16-14-5-4-11(15)7-13(14)12(10)6-9/h2-7H,8H2,1H3. The van der Waals surface area contributed by atoms with E-state index < -0.39 is 0 Å². The van der Waals surface area contributed by atoms with Gasteiger partial charge in [0.25, 0.3) is 0 Å². The Morgan fingerprint density at radius 1 is 1.06 bits per heavy atom. The third-order valence-electron chi connectivity index (χ3n) is 2.88. The predicted molar refractivity (Wildman–Crippen MR) is 66.0 cm³/mol. The minimum atomic E-state index is 0.643. The number of rotatable bonds is 0. The zero-order chi connectivity index (χ0) is 11.1. The molecule has 0 atom stereocenters. The second-order valence-corrected chi connectivity index (χ2v) is 4.53. The summed E-state index contributed by atoms with van der Waals surface area (Å²) >= 11 is 6.03. The number of hydrogen-bond donors (Lipinski definition) is 0. The number of fused-ring (bicyclic) bond motifs is 3. The van der Waals surface area contributed by atoms with Gasteiger partial charge in [0, 0.05) is 10.6 Å². The first-order chi connectivity index (χ1) is 7.74. The van der Waals surface area contributed by atoms with Gasteiger partial charge >= 0.3 is 0 Å². The molecule has 0 aliphatic carbocycles. The molecule has 0 saturated heterocycles. The fourth-order valence-electron chi connectivity index (χ4n) is 2.06. The minimum absolute atomic E-state index is 0.643. The molecule has 80 valence electrons. The average Bonchev–Trinajstić information content (AvgIpc) is 2.29. The van der Waals surface area contributed by atoms with Crippen LogP contribution in [0, 0.1) is 6.92 Å². The smallest absolute Gasteiger partial charge is 0.127 e. The molecule has 16 heavy (non-hydrogen) atoms. The summed E-state index contributed by atoms with van der Waals surface area (Å²) in [5, 5.41) is 0.747. The normalized spacial score (nSPS) is 12.6. The van der Waals surface area contributed by atoms with Gasteiger partial charge in [-0.2, -0.15) is 0 Å². The Bertz CT molecular complexity index is 509. The van der Waals surface area contributed by atoms with Crippen LogP contribution in [0.3, 0.4) is 0 Å². The van der Waals surface area contributed by atoms with Crippen molar-refractivity contribution < 1.29 is 4.74 Å². The molecule has 0 amide bonds. The van der Waals surface area contributed by atoms with Crippen molar-refractivity contribution in [1.29, 1.82) is 0 Å². The van der Waals surface area contributed by atoms with Crippen molar-refractivity contribution in [3.8, 4) is 16.9 Å². The van der Waals surface area contributed by atoms with E-state index in [1.54, 1.807) is 0 Å².